The molecule has 0 saturated carbocycles. The van der Waals surface area contributed by atoms with Crippen LogP contribution in [0.5, 0.6) is 11.5 Å². The first-order valence-electron chi connectivity index (χ1n) is 11.0. The molecule has 2 aromatic carbocycles. The van der Waals surface area contributed by atoms with Crippen LogP contribution in [0.1, 0.15) is 36.7 Å². The van der Waals surface area contributed by atoms with Crippen molar-refractivity contribution in [3.05, 3.63) is 59.9 Å². The molecular weight excluding hydrogens is 424 g/mol. The molecule has 166 valence electrons. The number of nitrogens with zero attached hydrogens (tertiary/aromatic N) is 4. The second kappa shape index (κ2) is 9.24. The van der Waals surface area contributed by atoms with Gasteiger partial charge in [-0.15, -0.1) is 10.2 Å². The maximum atomic E-state index is 13.2. The first-order chi connectivity index (χ1) is 15.7. The van der Waals surface area contributed by atoms with E-state index < -0.39 is 0 Å². The first-order valence-corrected chi connectivity index (χ1v) is 12.0. The van der Waals surface area contributed by atoms with Crippen molar-refractivity contribution in [3.8, 4) is 17.2 Å². The molecule has 3 heterocycles. The predicted molar refractivity (Wildman–Crippen MR) is 123 cm³/mol. The summed E-state index contributed by atoms with van der Waals surface area (Å²) in [5, 5.41) is 9.25. The number of benzene rings is 2. The molecule has 32 heavy (non-hydrogen) atoms. The highest BCUT2D eigenvalue weighted by molar-refractivity contribution is 7.99. The molecule has 0 N–H and O–H groups in total. The number of para-hydroxylation sites is 1. The highest BCUT2D eigenvalue weighted by Gasteiger charge is 2.31. The van der Waals surface area contributed by atoms with E-state index in [-0.39, 0.29) is 11.9 Å². The van der Waals surface area contributed by atoms with Crippen molar-refractivity contribution in [2.45, 2.75) is 37.4 Å². The van der Waals surface area contributed by atoms with Crippen molar-refractivity contribution in [1.82, 2.24) is 19.7 Å². The van der Waals surface area contributed by atoms with Gasteiger partial charge in [0.2, 0.25) is 5.91 Å². The smallest absolute Gasteiger partial charge is 0.233 e. The SMILES string of the molecule is Cc1nnc(SCC(=O)N2CCC[C@@H]2c2ccc3c(c2)OCCCO3)n1-c1ccccc1. The molecule has 1 atom stereocenters. The fraction of sp³-hybridized carbons (Fsp3) is 0.375. The molecule has 2 aliphatic heterocycles. The van der Waals surface area contributed by atoms with Crippen LogP contribution in [0.2, 0.25) is 0 Å². The highest BCUT2D eigenvalue weighted by Crippen LogP contribution is 2.38. The summed E-state index contributed by atoms with van der Waals surface area (Å²) in [6.07, 6.45) is 2.83. The third kappa shape index (κ3) is 4.19. The molecule has 5 rings (SSSR count). The first kappa shape index (κ1) is 20.9. The van der Waals surface area contributed by atoms with Crippen molar-refractivity contribution >= 4 is 17.7 Å². The number of likely N-dealkylation sites (tertiary alicyclic amines) is 1. The number of carbonyl (C=O) groups excluding carboxylic acids is 1. The molecule has 8 heteroatoms. The monoisotopic (exact) mass is 450 g/mol. The summed E-state index contributed by atoms with van der Waals surface area (Å²) >= 11 is 1.43. The van der Waals surface area contributed by atoms with Crippen molar-refractivity contribution in [3.63, 3.8) is 0 Å². The lowest BCUT2D eigenvalue weighted by Gasteiger charge is -2.25. The molecule has 1 saturated heterocycles. The maximum absolute atomic E-state index is 13.2. The minimum atomic E-state index is 0.0639. The van der Waals surface area contributed by atoms with Crippen LogP contribution >= 0.6 is 11.8 Å². The number of aryl methyl sites for hydroxylation is 1. The Hall–Kier alpha value is -3.00. The highest BCUT2D eigenvalue weighted by atomic mass is 32.2. The van der Waals surface area contributed by atoms with Crippen LogP contribution in [-0.2, 0) is 4.79 Å². The van der Waals surface area contributed by atoms with Crippen molar-refractivity contribution in [1.29, 1.82) is 0 Å². The van der Waals surface area contributed by atoms with E-state index in [0.717, 1.165) is 59.5 Å². The van der Waals surface area contributed by atoms with Crippen LogP contribution in [0.15, 0.2) is 53.7 Å². The molecule has 1 fully saturated rings. The number of fused-ring (bicyclic) bond motifs is 1. The van der Waals surface area contributed by atoms with Crippen molar-refractivity contribution in [2.24, 2.45) is 0 Å². The number of rotatable bonds is 5. The van der Waals surface area contributed by atoms with E-state index in [4.69, 9.17) is 9.47 Å². The second-order valence-corrected chi connectivity index (χ2v) is 8.93. The van der Waals surface area contributed by atoms with Crippen molar-refractivity contribution in [2.75, 3.05) is 25.5 Å². The van der Waals surface area contributed by atoms with E-state index in [1.54, 1.807) is 0 Å². The Labute approximate surface area is 191 Å². The van der Waals surface area contributed by atoms with E-state index in [0.29, 0.717) is 19.0 Å². The van der Waals surface area contributed by atoms with Gasteiger partial charge in [0, 0.05) is 18.7 Å². The second-order valence-electron chi connectivity index (χ2n) is 7.99. The molecule has 7 nitrogen and oxygen atoms in total. The molecule has 3 aromatic rings. The molecule has 2 aliphatic rings. The van der Waals surface area contributed by atoms with Gasteiger partial charge in [-0.3, -0.25) is 9.36 Å². The van der Waals surface area contributed by atoms with E-state index in [1.165, 1.54) is 11.8 Å². The number of amides is 1. The normalized spacial score (nSPS) is 17.9. The molecule has 0 spiro atoms. The summed E-state index contributed by atoms with van der Waals surface area (Å²) in [6, 6.07) is 16.1. The Kier molecular flexibility index (Phi) is 6.03. The topological polar surface area (TPSA) is 69.5 Å². The van der Waals surface area contributed by atoms with Gasteiger partial charge in [-0.05, 0) is 49.6 Å². The third-order valence-corrected chi connectivity index (χ3v) is 6.78. The Morgan fingerprint density at radius 3 is 2.72 bits per heavy atom. The average Bonchev–Trinajstić information content (AvgIpc) is 3.38. The quantitative estimate of drug-likeness (QED) is 0.543. The van der Waals surface area contributed by atoms with Gasteiger partial charge in [0.15, 0.2) is 16.7 Å². The molecule has 0 unspecified atom stereocenters. The molecular formula is C24H26N4O3S. The van der Waals surface area contributed by atoms with Gasteiger partial charge in [0.1, 0.15) is 5.82 Å². The molecule has 0 aliphatic carbocycles. The largest absolute Gasteiger partial charge is 0.490 e. The Bertz CT molecular complexity index is 1100. The van der Waals surface area contributed by atoms with Crippen LogP contribution in [0, 0.1) is 6.92 Å². The Balaban J connectivity index is 1.30. The minimum Gasteiger partial charge on any atom is -0.490 e. The fourth-order valence-electron chi connectivity index (χ4n) is 4.32. The zero-order valence-electron chi connectivity index (χ0n) is 18.1. The number of ether oxygens (including phenoxy) is 2. The van der Waals surface area contributed by atoms with E-state index in [1.807, 2.05) is 58.9 Å². The Morgan fingerprint density at radius 2 is 1.88 bits per heavy atom. The van der Waals surface area contributed by atoms with Gasteiger partial charge in [-0.2, -0.15) is 0 Å². The van der Waals surface area contributed by atoms with Gasteiger partial charge in [0.05, 0.1) is 25.0 Å². The number of aromatic nitrogens is 3. The van der Waals surface area contributed by atoms with Gasteiger partial charge >= 0.3 is 0 Å². The van der Waals surface area contributed by atoms with Gasteiger partial charge in [-0.25, -0.2) is 0 Å². The van der Waals surface area contributed by atoms with Gasteiger partial charge < -0.3 is 14.4 Å². The summed E-state index contributed by atoms with van der Waals surface area (Å²) in [4.78, 5) is 15.2. The van der Waals surface area contributed by atoms with E-state index in [2.05, 4.69) is 16.3 Å². The zero-order chi connectivity index (χ0) is 21.9. The number of hydrogen-bond acceptors (Lipinski definition) is 6. The maximum Gasteiger partial charge on any atom is 0.233 e. The number of hydrogen-bond donors (Lipinski definition) is 0. The lowest BCUT2D eigenvalue weighted by molar-refractivity contribution is -0.129. The molecule has 0 radical (unpaired) electrons. The van der Waals surface area contributed by atoms with Crippen LogP contribution in [0.3, 0.4) is 0 Å². The zero-order valence-corrected chi connectivity index (χ0v) is 18.9. The third-order valence-electron chi connectivity index (χ3n) is 5.86. The molecule has 1 amide bonds. The van der Waals surface area contributed by atoms with E-state index in [9.17, 15) is 4.79 Å². The number of carbonyl (C=O) groups is 1. The van der Waals surface area contributed by atoms with Gasteiger partial charge in [0.25, 0.3) is 0 Å². The van der Waals surface area contributed by atoms with Gasteiger partial charge in [-0.1, -0.05) is 36.0 Å². The van der Waals surface area contributed by atoms with Crippen LogP contribution in [-0.4, -0.2) is 51.1 Å². The average molecular weight is 451 g/mol. The molecule has 0 bridgehead atoms. The Morgan fingerprint density at radius 1 is 1.06 bits per heavy atom. The summed E-state index contributed by atoms with van der Waals surface area (Å²) in [6.45, 7) is 4.02. The van der Waals surface area contributed by atoms with Crippen molar-refractivity contribution < 1.29 is 14.3 Å². The summed E-state index contributed by atoms with van der Waals surface area (Å²) in [7, 11) is 0. The van der Waals surface area contributed by atoms with Crippen LogP contribution in [0.25, 0.3) is 5.69 Å². The summed E-state index contributed by atoms with van der Waals surface area (Å²) in [5.74, 6) is 2.81. The predicted octanol–water partition coefficient (Wildman–Crippen LogP) is 4.19. The minimum absolute atomic E-state index is 0.0639. The van der Waals surface area contributed by atoms with Crippen LogP contribution < -0.4 is 9.47 Å². The summed E-state index contributed by atoms with van der Waals surface area (Å²) < 4.78 is 13.6. The fourth-order valence-corrected chi connectivity index (χ4v) is 5.20. The standard InChI is InChI=1S/C24H26N4O3S/c1-17-25-26-24(28(17)19-7-3-2-4-8-19)32-16-23(29)27-12-5-9-20(27)18-10-11-21-22(15-18)31-14-6-13-30-21/h2-4,7-8,10-11,15,20H,5-6,9,12-14,16H2,1H3/t20-/m1/s1. The molecule has 1 aromatic heterocycles. The lowest BCUT2D eigenvalue weighted by atomic mass is 10.0. The number of thioether (sulfide) groups is 1. The van der Waals surface area contributed by atoms with Crippen LogP contribution in [0.4, 0.5) is 0 Å². The summed E-state index contributed by atoms with van der Waals surface area (Å²) in [5.41, 5.74) is 2.10. The van der Waals surface area contributed by atoms with E-state index >= 15 is 0 Å². The lowest BCUT2D eigenvalue weighted by Crippen LogP contribution is -2.32.